The molecular weight excluding hydrogens is 356 g/mol. The third-order valence-corrected chi connectivity index (χ3v) is 4.18. The molecule has 2 aromatic rings. The lowest BCUT2D eigenvalue weighted by Crippen LogP contribution is -2.23. The number of benzene rings is 1. The molecule has 1 aliphatic heterocycles. The first-order valence-corrected chi connectivity index (χ1v) is 8.72. The molecule has 0 unspecified atom stereocenters. The zero-order valence-electron chi connectivity index (χ0n) is 14.1. The molecule has 0 bridgehead atoms. The molecule has 26 heavy (non-hydrogen) atoms. The predicted octanol–water partition coefficient (Wildman–Crippen LogP) is 2.84. The van der Waals surface area contributed by atoms with E-state index in [9.17, 15) is 9.59 Å². The summed E-state index contributed by atoms with van der Waals surface area (Å²) in [7, 11) is 0. The molecule has 1 N–H and O–H groups in total. The van der Waals surface area contributed by atoms with Gasteiger partial charge in [-0.3, -0.25) is 9.59 Å². The Kier molecular flexibility index (Phi) is 5.96. The number of unbranched alkanes of at least 4 members (excludes halogenated alkanes) is 1. The SMILES string of the molecule is O=C(C=Cc1cc(Cl)c2c(c1)OCO2)NCCCCn1ccccc1=O. The van der Waals surface area contributed by atoms with Gasteiger partial charge in [0.1, 0.15) is 0 Å². The zero-order chi connectivity index (χ0) is 18.4. The average Bonchev–Trinajstić information content (AvgIpc) is 3.10. The average molecular weight is 375 g/mol. The molecule has 6 nitrogen and oxygen atoms in total. The highest BCUT2D eigenvalue weighted by molar-refractivity contribution is 6.32. The van der Waals surface area contributed by atoms with E-state index in [1.807, 2.05) is 6.07 Å². The Balaban J connectivity index is 1.42. The van der Waals surface area contributed by atoms with Crippen LogP contribution in [-0.2, 0) is 11.3 Å². The highest BCUT2D eigenvalue weighted by atomic mass is 35.5. The quantitative estimate of drug-likeness (QED) is 0.597. The lowest BCUT2D eigenvalue weighted by Gasteiger charge is -2.05. The number of nitrogens with one attached hydrogen (secondary N) is 1. The molecule has 0 atom stereocenters. The third-order valence-electron chi connectivity index (χ3n) is 3.90. The first-order chi connectivity index (χ1) is 12.6. The van der Waals surface area contributed by atoms with Crippen molar-refractivity contribution in [2.75, 3.05) is 13.3 Å². The molecule has 1 aliphatic rings. The molecule has 0 saturated carbocycles. The van der Waals surface area contributed by atoms with Crippen molar-refractivity contribution in [2.24, 2.45) is 0 Å². The van der Waals surface area contributed by atoms with Gasteiger partial charge in [-0.15, -0.1) is 0 Å². The van der Waals surface area contributed by atoms with Gasteiger partial charge in [-0.2, -0.15) is 0 Å². The number of carbonyl (C=O) groups excluding carboxylic acids is 1. The number of hydrogen-bond acceptors (Lipinski definition) is 4. The lowest BCUT2D eigenvalue weighted by molar-refractivity contribution is -0.116. The van der Waals surface area contributed by atoms with E-state index in [0.29, 0.717) is 29.6 Å². The zero-order valence-corrected chi connectivity index (χ0v) is 14.9. The minimum absolute atomic E-state index is 0.0122. The molecule has 1 aromatic carbocycles. The maximum atomic E-state index is 11.9. The maximum Gasteiger partial charge on any atom is 0.250 e. The monoisotopic (exact) mass is 374 g/mol. The summed E-state index contributed by atoms with van der Waals surface area (Å²) in [4.78, 5) is 23.4. The van der Waals surface area contributed by atoms with Crippen molar-refractivity contribution in [3.05, 3.63) is 63.5 Å². The fourth-order valence-electron chi connectivity index (χ4n) is 2.58. The first kappa shape index (κ1) is 18.1. The number of amides is 1. The van der Waals surface area contributed by atoms with Gasteiger partial charge in [-0.25, -0.2) is 0 Å². The molecular formula is C19H19ClN2O4. The van der Waals surface area contributed by atoms with Gasteiger partial charge < -0.3 is 19.4 Å². The first-order valence-electron chi connectivity index (χ1n) is 8.34. The van der Waals surface area contributed by atoms with Crippen LogP contribution in [0.1, 0.15) is 18.4 Å². The van der Waals surface area contributed by atoms with Crippen LogP contribution in [0.2, 0.25) is 5.02 Å². The highest BCUT2D eigenvalue weighted by Crippen LogP contribution is 2.39. The van der Waals surface area contributed by atoms with Crippen LogP contribution >= 0.6 is 11.6 Å². The summed E-state index contributed by atoms with van der Waals surface area (Å²) in [5.41, 5.74) is 0.750. The fraction of sp³-hybridized carbons (Fsp3) is 0.263. The number of rotatable bonds is 7. The van der Waals surface area contributed by atoms with Gasteiger partial charge in [-0.05, 0) is 42.7 Å². The van der Waals surface area contributed by atoms with Gasteiger partial charge in [0, 0.05) is 31.4 Å². The van der Waals surface area contributed by atoms with Crippen LogP contribution < -0.4 is 20.3 Å². The molecule has 0 saturated heterocycles. The number of hydrogen-bond donors (Lipinski definition) is 1. The number of halogens is 1. The second-order valence-corrected chi connectivity index (χ2v) is 6.21. The van der Waals surface area contributed by atoms with Crippen LogP contribution in [0.25, 0.3) is 6.08 Å². The Morgan fingerprint density at radius 3 is 3.00 bits per heavy atom. The van der Waals surface area contributed by atoms with E-state index in [1.165, 1.54) is 12.1 Å². The van der Waals surface area contributed by atoms with Crippen LogP contribution in [0.3, 0.4) is 0 Å². The van der Waals surface area contributed by atoms with Crippen molar-refractivity contribution in [2.45, 2.75) is 19.4 Å². The molecule has 1 amide bonds. The van der Waals surface area contributed by atoms with Crippen LogP contribution in [0.5, 0.6) is 11.5 Å². The van der Waals surface area contributed by atoms with Crippen LogP contribution in [0.15, 0.2) is 47.4 Å². The van der Waals surface area contributed by atoms with Gasteiger partial charge in [0.2, 0.25) is 18.3 Å². The largest absolute Gasteiger partial charge is 0.454 e. The van der Waals surface area contributed by atoms with Gasteiger partial charge >= 0.3 is 0 Å². The summed E-state index contributed by atoms with van der Waals surface area (Å²) in [5, 5.41) is 3.27. The summed E-state index contributed by atoms with van der Waals surface area (Å²) in [6, 6.07) is 8.58. The molecule has 0 fully saturated rings. The van der Waals surface area contributed by atoms with Gasteiger partial charge in [-0.1, -0.05) is 17.7 Å². The standard InChI is InChI=1S/C19H19ClN2O4/c20-15-11-14(12-16-19(15)26-13-25-16)6-7-17(23)21-8-2-4-10-22-9-3-1-5-18(22)24/h1,3,5-7,9,11-12H,2,4,8,10,13H2,(H,21,23). The second kappa shape index (κ2) is 8.58. The predicted molar refractivity (Wildman–Crippen MR) is 99.6 cm³/mol. The van der Waals surface area contributed by atoms with Crippen LogP contribution in [0.4, 0.5) is 0 Å². The number of aromatic nitrogens is 1. The van der Waals surface area contributed by atoms with Crippen molar-refractivity contribution in [3.63, 3.8) is 0 Å². The number of fused-ring (bicyclic) bond motifs is 1. The molecule has 2 heterocycles. The van der Waals surface area contributed by atoms with E-state index in [2.05, 4.69) is 5.32 Å². The van der Waals surface area contributed by atoms with Crippen molar-refractivity contribution >= 4 is 23.6 Å². The Bertz CT molecular complexity index is 876. The summed E-state index contributed by atoms with van der Waals surface area (Å²) >= 11 is 6.11. The second-order valence-electron chi connectivity index (χ2n) is 5.80. The van der Waals surface area contributed by atoms with Crippen LogP contribution in [-0.4, -0.2) is 23.8 Å². The van der Waals surface area contributed by atoms with Crippen molar-refractivity contribution in [1.82, 2.24) is 9.88 Å². The van der Waals surface area contributed by atoms with Crippen molar-refractivity contribution in [1.29, 1.82) is 0 Å². The summed E-state index contributed by atoms with van der Waals surface area (Å²) < 4.78 is 12.2. The van der Waals surface area contributed by atoms with Crippen molar-refractivity contribution in [3.8, 4) is 11.5 Å². The van der Waals surface area contributed by atoms with E-state index in [0.717, 1.165) is 18.4 Å². The number of pyridine rings is 1. The van der Waals surface area contributed by atoms with Gasteiger partial charge in [0.15, 0.2) is 11.5 Å². The molecule has 0 spiro atoms. The molecule has 0 radical (unpaired) electrons. The molecule has 7 heteroatoms. The maximum absolute atomic E-state index is 11.9. The van der Waals surface area contributed by atoms with Crippen molar-refractivity contribution < 1.29 is 14.3 Å². The van der Waals surface area contributed by atoms with E-state index in [-0.39, 0.29) is 18.3 Å². The molecule has 3 rings (SSSR count). The normalized spacial score (nSPS) is 12.5. The van der Waals surface area contributed by atoms with E-state index in [1.54, 1.807) is 35.0 Å². The van der Waals surface area contributed by atoms with Crippen LogP contribution in [0, 0.1) is 0 Å². The number of nitrogens with zero attached hydrogens (tertiary/aromatic N) is 1. The molecule has 0 aliphatic carbocycles. The summed E-state index contributed by atoms with van der Waals surface area (Å²) in [6.07, 6.45) is 6.49. The number of ether oxygens (including phenoxy) is 2. The van der Waals surface area contributed by atoms with Gasteiger partial charge in [0.05, 0.1) is 5.02 Å². The lowest BCUT2D eigenvalue weighted by atomic mass is 10.2. The van der Waals surface area contributed by atoms with Gasteiger partial charge in [0.25, 0.3) is 0 Å². The molecule has 136 valence electrons. The Morgan fingerprint density at radius 2 is 2.15 bits per heavy atom. The topological polar surface area (TPSA) is 69.6 Å². The minimum Gasteiger partial charge on any atom is -0.454 e. The van der Waals surface area contributed by atoms with E-state index >= 15 is 0 Å². The smallest absolute Gasteiger partial charge is 0.250 e. The Labute approximate surface area is 156 Å². The minimum atomic E-state index is -0.185. The molecule has 1 aromatic heterocycles. The Morgan fingerprint density at radius 1 is 1.27 bits per heavy atom. The fourth-order valence-corrected chi connectivity index (χ4v) is 2.85. The number of aryl methyl sites for hydroxylation is 1. The summed E-state index contributed by atoms with van der Waals surface area (Å²) in [6.45, 7) is 1.34. The van der Waals surface area contributed by atoms with E-state index in [4.69, 9.17) is 21.1 Å². The number of carbonyl (C=O) groups is 1. The highest BCUT2D eigenvalue weighted by Gasteiger charge is 2.17. The summed E-state index contributed by atoms with van der Waals surface area (Å²) in [5.74, 6) is 0.926. The van der Waals surface area contributed by atoms with E-state index < -0.39 is 0 Å². The Hall–Kier alpha value is -2.73. The third kappa shape index (κ3) is 4.67.